The molecule has 1 amide bonds. The third kappa shape index (κ3) is 1.19. The van der Waals surface area contributed by atoms with Gasteiger partial charge in [-0.1, -0.05) is 6.07 Å². The Morgan fingerprint density at radius 1 is 1.57 bits per heavy atom. The summed E-state index contributed by atoms with van der Waals surface area (Å²) in [6.07, 6.45) is 1.55. The van der Waals surface area contributed by atoms with E-state index < -0.39 is 5.91 Å². The molecular formula is C9H9N3O2. The van der Waals surface area contributed by atoms with Crippen LogP contribution in [0.15, 0.2) is 24.4 Å². The van der Waals surface area contributed by atoms with E-state index in [-0.39, 0.29) is 5.69 Å². The highest BCUT2D eigenvalue weighted by atomic mass is 16.5. The minimum absolute atomic E-state index is 0.231. The lowest BCUT2D eigenvalue weighted by atomic mass is 10.4. The van der Waals surface area contributed by atoms with Gasteiger partial charge in [-0.25, -0.2) is 4.98 Å². The highest BCUT2D eigenvalue weighted by Gasteiger charge is 2.08. The molecular weight excluding hydrogens is 182 g/mol. The topological polar surface area (TPSA) is 69.6 Å². The molecule has 2 rings (SSSR count). The van der Waals surface area contributed by atoms with Crippen LogP contribution < -0.4 is 10.5 Å². The summed E-state index contributed by atoms with van der Waals surface area (Å²) in [5.74, 6) is 0.0678. The molecule has 0 radical (unpaired) electrons. The van der Waals surface area contributed by atoms with E-state index in [0.717, 1.165) is 0 Å². The molecule has 0 fully saturated rings. The fourth-order valence-corrected chi connectivity index (χ4v) is 1.27. The number of amides is 1. The predicted molar refractivity (Wildman–Crippen MR) is 50.3 cm³/mol. The van der Waals surface area contributed by atoms with E-state index in [0.29, 0.717) is 11.5 Å². The molecule has 2 aromatic rings. The maximum absolute atomic E-state index is 10.9. The largest absolute Gasteiger partial charge is 0.482 e. The van der Waals surface area contributed by atoms with Crippen molar-refractivity contribution in [3.05, 3.63) is 30.1 Å². The Kier molecular flexibility index (Phi) is 1.85. The first kappa shape index (κ1) is 8.55. The first-order chi connectivity index (χ1) is 6.72. The quantitative estimate of drug-likeness (QED) is 0.748. The number of fused-ring (bicyclic) bond motifs is 1. The van der Waals surface area contributed by atoms with E-state index in [9.17, 15) is 4.79 Å². The van der Waals surface area contributed by atoms with Crippen LogP contribution in [0.25, 0.3) is 5.65 Å². The molecule has 2 heterocycles. The molecule has 0 bridgehead atoms. The van der Waals surface area contributed by atoms with Crippen LogP contribution in [0.3, 0.4) is 0 Å². The number of rotatable bonds is 2. The van der Waals surface area contributed by atoms with E-state index in [1.54, 1.807) is 35.9 Å². The first-order valence-electron chi connectivity index (χ1n) is 4.04. The van der Waals surface area contributed by atoms with Crippen molar-refractivity contribution in [2.45, 2.75) is 0 Å². The van der Waals surface area contributed by atoms with Crippen molar-refractivity contribution < 1.29 is 9.53 Å². The molecule has 0 aliphatic carbocycles. The summed E-state index contributed by atoms with van der Waals surface area (Å²) in [6, 6.07) is 5.35. The fourth-order valence-electron chi connectivity index (χ4n) is 1.27. The van der Waals surface area contributed by atoms with Crippen LogP contribution in [0.1, 0.15) is 10.5 Å². The molecule has 0 spiro atoms. The molecule has 2 aromatic heterocycles. The molecule has 0 aliphatic rings. The molecule has 14 heavy (non-hydrogen) atoms. The van der Waals surface area contributed by atoms with Gasteiger partial charge in [0.1, 0.15) is 11.3 Å². The maximum Gasteiger partial charge on any atom is 0.268 e. The van der Waals surface area contributed by atoms with Gasteiger partial charge in [0.15, 0.2) is 5.88 Å². The first-order valence-corrected chi connectivity index (χ1v) is 4.04. The zero-order valence-corrected chi connectivity index (χ0v) is 7.60. The van der Waals surface area contributed by atoms with Crippen LogP contribution in [0.5, 0.6) is 5.88 Å². The summed E-state index contributed by atoms with van der Waals surface area (Å²) in [6.45, 7) is 0. The Balaban J connectivity index is 2.70. The van der Waals surface area contributed by atoms with E-state index in [1.165, 1.54) is 0 Å². The number of nitrogens with zero attached hydrogens (tertiary/aromatic N) is 2. The van der Waals surface area contributed by atoms with Gasteiger partial charge < -0.3 is 10.5 Å². The minimum Gasteiger partial charge on any atom is -0.482 e. The minimum atomic E-state index is -0.546. The van der Waals surface area contributed by atoms with Crippen molar-refractivity contribution in [3.63, 3.8) is 0 Å². The molecule has 0 saturated heterocycles. The van der Waals surface area contributed by atoms with Crippen LogP contribution in [0.4, 0.5) is 0 Å². The van der Waals surface area contributed by atoms with Crippen LogP contribution >= 0.6 is 0 Å². The summed E-state index contributed by atoms with van der Waals surface area (Å²) < 4.78 is 6.76. The Labute approximate surface area is 80.1 Å². The lowest BCUT2D eigenvalue weighted by Crippen LogP contribution is -2.10. The molecule has 0 saturated carbocycles. The third-order valence-electron chi connectivity index (χ3n) is 1.92. The smallest absolute Gasteiger partial charge is 0.268 e. The standard InChI is InChI=1S/C9H9N3O2/c1-14-8-4-2-3-7-11-6(9(10)13)5-12(7)8/h2-5H,1H3,(H2,10,13). The van der Waals surface area contributed by atoms with Crippen molar-refractivity contribution in [1.82, 2.24) is 9.38 Å². The average Bonchev–Trinajstić information content (AvgIpc) is 2.60. The average molecular weight is 191 g/mol. The van der Waals surface area contributed by atoms with Gasteiger partial charge in [0.2, 0.25) is 0 Å². The van der Waals surface area contributed by atoms with Crippen LogP contribution in [-0.2, 0) is 0 Å². The van der Waals surface area contributed by atoms with Gasteiger partial charge in [-0.3, -0.25) is 9.20 Å². The van der Waals surface area contributed by atoms with E-state index in [4.69, 9.17) is 10.5 Å². The highest BCUT2D eigenvalue weighted by molar-refractivity contribution is 5.91. The number of aromatic nitrogens is 2. The molecule has 5 nitrogen and oxygen atoms in total. The highest BCUT2D eigenvalue weighted by Crippen LogP contribution is 2.14. The van der Waals surface area contributed by atoms with Gasteiger partial charge in [0.05, 0.1) is 7.11 Å². The maximum atomic E-state index is 10.9. The monoisotopic (exact) mass is 191 g/mol. The second kappa shape index (κ2) is 3.02. The summed E-state index contributed by atoms with van der Waals surface area (Å²) in [5.41, 5.74) is 5.98. The SMILES string of the molecule is COc1cccc2nc(C(N)=O)cn12. The Morgan fingerprint density at radius 3 is 3.00 bits per heavy atom. The molecule has 0 unspecified atom stereocenters. The molecule has 2 N–H and O–H groups in total. The lowest BCUT2D eigenvalue weighted by Gasteiger charge is -2.01. The summed E-state index contributed by atoms with van der Waals surface area (Å²) >= 11 is 0. The number of carbonyl (C=O) groups is 1. The van der Waals surface area contributed by atoms with Gasteiger partial charge in [-0.05, 0) is 12.1 Å². The third-order valence-corrected chi connectivity index (χ3v) is 1.92. The number of methoxy groups -OCH3 is 1. The van der Waals surface area contributed by atoms with Crippen molar-refractivity contribution in [2.24, 2.45) is 5.73 Å². The number of hydrogen-bond acceptors (Lipinski definition) is 3. The van der Waals surface area contributed by atoms with Crippen molar-refractivity contribution in [1.29, 1.82) is 0 Å². The number of ether oxygens (including phenoxy) is 1. The molecule has 72 valence electrons. The van der Waals surface area contributed by atoms with E-state index in [2.05, 4.69) is 4.98 Å². The zero-order chi connectivity index (χ0) is 10.1. The van der Waals surface area contributed by atoms with Gasteiger partial charge in [0, 0.05) is 6.20 Å². The van der Waals surface area contributed by atoms with Crippen LogP contribution in [0.2, 0.25) is 0 Å². The number of carbonyl (C=O) groups excluding carboxylic acids is 1. The van der Waals surface area contributed by atoms with Crippen LogP contribution in [0, 0.1) is 0 Å². The van der Waals surface area contributed by atoms with Gasteiger partial charge in [-0.2, -0.15) is 0 Å². The predicted octanol–water partition coefficient (Wildman–Crippen LogP) is 0.442. The molecule has 0 aromatic carbocycles. The number of nitrogens with two attached hydrogens (primary N) is 1. The Hall–Kier alpha value is -2.04. The number of imidazole rings is 1. The summed E-state index contributed by atoms with van der Waals surface area (Å²) in [4.78, 5) is 14.9. The molecule has 0 aliphatic heterocycles. The van der Waals surface area contributed by atoms with Crippen LogP contribution in [-0.4, -0.2) is 22.4 Å². The van der Waals surface area contributed by atoms with Gasteiger partial charge in [0.25, 0.3) is 5.91 Å². The summed E-state index contributed by atoms with van der Waals surface area (Å²) in [7, 11) is 1.55. The summed E-state index contributed by atoms with van der Waals surface area (Å²) in [5, 5.41) is 0. The van der Waals surface area contributed by atoms with Crippen molar-refractivity contribution in [2.75, 3.05) is 7.11 Å². The number of hydrogen-bond donors (Lipinski definition) is 1. The second-order valence-corrected chi connectivity index (χ2v) is 2.79. The lowest BCUT2D eigenvalue weighted by molar-refractivity contribution is 0.0996. The van der Waals surface area contributed by atoms with Gasteiger partial charge >= 0.3 is 0 Å². The van der Waals surface area contributed by atoms with Crippen molar-refractivity contribution >= 4 is 11.6 Å². The zero-order valence-electron chi connectivity index (χ0n) is 7.60. The van der Waals surface area contributed by atoms with E-state index >= 15 is 0 Å². The Morgan fingerprint density at radius 2 is 2.36 bits per heavy atom. The molecule has 0 atom stereocenters. The van der Waals surface area contributed by atoms with Crippen molar-refractivity contribution in [3.8, 4) is 5.88 Å². The fraction of sp³-hybridized carbons (Fsp3) is 0.111. The Bertz CT molecular complexity index is 490. The number of pyridine rings is 1. The molecule has 5 heteroatoms. The van der Waals surface area contributed by atoms with E-state index in [1.807, 2.05) is 0 Å². The normalized spacial score (nSPS) is 10.4. The van der Waals surface area contributed by atoms with Gasteiger partial charge in [-0.15, -0.1) is 0 Å². The second-order valence-electron chi connectivity index (χ2n) is 2.79. The number of primary amides is 1.